The molecule has 0 saturated carbocycles. The predicted molar refractivity (Wildman–Crippen MR) is 42.1 cm³/mol. The average molecular weight is 169 g/mol. The fourth-order valence-electron chi connectivity index (χ4n) is 0.841. The number of nitrogens with zero attached hydrogens (tertiary/aromatic N) is 2. The van der Waals surface area contributed by atoms with Crippen LogP contribution in [0.1, 0.15) is 0 Å². The standard InChI is InChI=1S/C6H4FN3S/c7-8-4-1-2-5-6(3-4)10-11-9-5/h1-3,8H. The minimum absolute atomic E-state index is 0.408. The largest absolute Gasteiger partial charge is 0.224 e. The molecule has 56 valence electrons. The van der Waals surface area contributed by atoms with Gasteiger partial charge in [0, 0.05) is 0 Å². The highest BCUT2D eigenvalue weighted by Crippen LogP contribution is 2.16. The summed E-state index contributed by atoms with van der Waals surface area (Å²) in [5.41, 5.74) is 3.47. The summed E-state index contributed by atoms with van der Waals surface area (Å²) in [5, 5.41) is 0. The predicted octanol–water partition coefficient (Wildman–Crippen LogP) is 1.99. The quantitative estimate of drug-likeness (QED) is 0.663. The summed E-state index contributed by atoms with van der Waals surface area (Å²) in [6, 6.07) is 4.95. The van der Waals surface area contributed by atoms with Gasteiger partial charge in [-0.15, -0.1) is 4.48 Å². The summed E-state index contributed by atoms with van der Waals surface area (Å²) in [6.07, 6.45) is 0. The lowest BCUT2D eigenvalue weighted by Crippen LogP contribution is -1.80. The summed E-state index contributed by atoms with van der Waals surface area (Å²) < 4.78 is 19.8. The number of halogens is 1. The Morgan fingerprint density at radius 2 is 2.09 bits per heavy atom. The molecule has 1 aromatic heterocycles. The van der Waals surface area contributed by atoms with Crippen LogP contribution in [0, 0.1) is 0 Å². The van der Waals surface area contributed by atoms with E-state index in [2.05, 4.69) is 8.75 Å². The summed E-state index contributed by atoms with van der Waals surface area (Å²) in [4.78, 5) is 0. The first-order valence-corrected chi connectivity index (χ1v) is 3.72. The molecular weight excluding hydrogens is 165 g/mol. The van der Waals surface area contributed by atoms with Crippen molar-refractivity contribution in [3.8, 4) is 0 Å². The van der Waals surface area contributed by atoms with E-state index in [0.29, 0.717) is 5.69 Å². The Bertz CT molecular complexity index is 373. The molecule has 0 saturated heterocycles. The normalized spacial score (nSPS) is 10.3. The molecule has 0 aliphatic heterocycles. The third kappa shape index (κ3) is 1.03. The fraction of sp³-hybridized carbons (Fsp3) is 0. The van der Waals surface area contributed by atoms with E-state index in [0.717, 1.165) is 22.8 Å². The Labute approximate surface area is 66.1 Å². The van der Waals surface area contributed by atoms with Gasteiger partial charge in [-0.2, -0.15) is 8.75 Å². The van der Waals surface area contributed by atoms with Crippen molar-refractivity contribution in [2.75, 3.05) is 5.54 Å². The number of anilines is 1. The zero-order chi connectivity index (χ0) is 7.68. The van der Waals surface area contributed by atoms with E-state index in [1.54, 1.807) is 23.7 Å². The molecule has 2 rings (SSSR count). The summed E-state index contributed by atoms with van der Waals surface area (Å²) in [6.45, 7) is 0. The minimum Gasteiger partial charge on any atom is -0.224 e. The van der Waals surface area contributed by atoms with E-state index in [1.807, 2.05) is 0 Å². The van der Waals surface area contributed by atoms with Gasteiger partial charge in [0.05, 0.1) is 17.4 Å². The zero-order valence-corrected chi connectivity index (χ0v) is 6.23. The van der Waals surface area contributed by atoms with Gasteiger partial charge in [0.25, 0.3) is 0 Å². The lowest BCUT2D eigenvalue weighted by Gasteiger charge is -1.92. The van der Waals surface area contributed by atoms with Gasteiger partial charge in [-0.1, -0.05) is 0 Å². The van der Waals surface area contributed by atoms with Gasteiger partial charge in [-0.05, 0) is 18.2 Å². The van der Waals surface area contributed by atoms with E-state index in [1.165, 1.54) is 0 Å². The van der Waals surface area contributed by atoms with Crippen LogP contribution in [-0.4, -0.2) is 8.75 Å². The Kier molecular flexibility index (Phi) is 1.43. The molecule has 0 atom stereocenters. The minimum atomic E-state index is 0.408. The summed E-state index contributed by atoms with van der Waals surface area (Å²) in [7, 11) is 0. The Morgan fingerprint density at radius 3 is 2.91 bits per heavy atom. The second-order valence-electron chi connectivity index (χ2n) is 2.06. The first kappa shape index (κ1) is 6.48. The Morgan fingerprint density at radius 1 is 1.27 bits per heavy atom. The van der Waals surface area contributed by atoms with Gasteiger partial charge >= 0.3 is 0 Å². The second-order valence-corrected chi connectivity index (χ2v) is 2.59. The second kappa shape index (κ2) is 2.43. The molecule has 0 spiro atoms. The van der Waals surface area contributed by atoms with Crippen molar-refractivity contribution in [3.05, 3.63) is 18.2 Å². The SMILES string of the molecule is FNc1ccc2nsnc2c1. The van der Waals surface area contributed by atoms with E-state index in [9.17, 15) is 4.48 Å². The summed E-state index contributed by atoms with van der Waals surface area (Å²) in [5.74, 6) is 0. The number of rotatable bonds is 1. The smallest absolute Gasteiger partial charge is 0.106 e. The van der Waals surface area contributed by atoms with Crippen LogP contribution in [0.5, 0.6) is 0 Å². The van der Waals surface area contributed by atoms with Crippen molar-refractivity contribution >= 4 is 28.4 Å². The van der Waals surface area contributed by atoms with Crippen molar-refractivity contribution in [3.63, 3.8) is 0 Å². The molecule has 1 N–H and O–H groups in total. The molecular formula is C6H4FN3S. The van der Waals surface area contributed by atoms with Crippen LogP contribution in [0.4, 0.5) is 10.2 Å². The van der Waals surface area contributed by atoms with Gasteiger partial charge in [0.2, 0.25) is 0 Å². The molecule has 1 heterocycles. The van der Waals surface area contributed by atoms with Gasteiger partial charge < -0.3 is 0 Å². The third-order valence-corrected chi connectivity index (χ3v) is 1.92. The topological polar surface area (TPSA) is 37.8 Å². The molecule has 11 heavy (non-hydrogen) atoms. The molecule has 0 amide bonds. The third-order valence-electron chi connectivity index (χ3n) is 1.36. The molecule has 2 aromatic rings. The van der Waals surface area contributed by atoms with Crippen LogP contribution in [0.2, 0.25) is 0 Å². The molecule has 0 bridgehead atoms. The molecule has 1 aromatic carbocycles. The van der Waals surface area contributed by atoms with Gasteiger partial charge in [0.1, 0.15) is 11.0 Å². The zero-order valence-electron chi connectivity index (χ0n) is 5.41. The molecule has 0 fully saturated rings. The number of aromatic nitrogens is 2. The molecule has 0 aliphatic rings. The van der Waals surface area contributed by atoms with Crippen molar-refractivity contribution < 1.29 is 4.48 Å². The van der Waals surface area contributed by atoms with Crippen LogP contribution in [0.3, 0.4) is 0 Å². The molecule has 5 heteroatoms. The van der Waals surface area contributed by atoms with Crippen molar-refractivity contribution in [2.45, 2.75) is 0 Å². The fourth-order valence-corrected chi connectivity index (χ4v) is 1.36. The van der Waals surface area contributed by atoms with Crippen LogP contribution in [0.15, 0.2) is 18.2 Å². The maximum Gasteiger partial charge on any atom is 0.106 e. The summed E-state index contributed by atoms with van der Waals surface area (Å²) >= 11 is 1.12. The first-order chi connectivity index (χ1) is 5.40. The van der Waals surface area contributed by atoms with Gasteiger partial charge in [-0.25, -0.2) is 5.54 Å². The Hall–Kier alpha value is -1.23. The van der Waals surface area contributed by atoms with E-state index in [-0.39, 0.29) is 0 Å². The number of fused-ring (bicyclic) bond motifs is 1. The molecule has 0 aliphatic carbocycles. The van der Waals surface area contributed by atoms with Gasteiger partial charge in [-0.3, -0.25) is 0 Å². The lowest BCUT2D eigenvalue weighted by molar-refractivity contribution is 0.618. The highest BCUT2D eigenvalue weighted by molar-refractivity contribution is 7.00. The number of hydrogen-bond donors (Lipinski definition) is 1. The van der Waals surface area contributed by atoms with Crippen LogP contribution < -0.4 is 5.54 Å². The van der Waals surface area contributed by atoms with Crippen molar-refractivity contribution in [1.82, 2.24) is 8.75 Å². The first-order valence-electron chi connectivity index (χ1n) is 2.99. The van der Waals surface area contributed by atoms with Crippen LogP contribution >= 0.6 is 11.7 Å². The highest BCUT2D eigenvalue weighted by Gasteiger charge is 1.98. The lowest BCUT2D eigenvalue weighted by atomic mass is 10.3. The molecule has 0 radical (unpaired) electrons. The maximum absolute atomic E-state index is 11.9. The monoisotopic (exact) mass is 169 g/mol. The van der Waals surface area contributed by atoms with Crippen molar-refractivity contribution in [2.24, 2.45) is 0 Å². The van der Waals surface area contributed by atoms with Crippen LogP contribution in [-0.2, 0) is 0 Å². The Balaban J connectivity index is 2.67. The van der Waals surface area contributed by atoms with Gasteiger partial charge in [0.15, 0.2) is 0 Å². The van der Waals surface area contributed by atoms with E-state index in [4.69, 9.17) is 0 Å². The number of benzene rings is 1. The average Bonchev–Trinajstić information content (AvgIpc) is 2.50. The highest BCUT2D eigenvalue weighted by atomic mass is 32.1. The van der Waals surface area contributed by atoms with E-state index >= 15 is 0 Å². The number of nitrogens with one attached hydrogen (secondary N) is 1. The maximum atomic E-state index is 11.9. The molecule has 0 unspecified atom stereocenters. The number of hydrogen-bond acceptors (Lipinski definition) is 4. The van der Waals surface area contributed by atoms with Crippen LogP contribution in [0.25, 0.3) is 11.0 Å². The molecule has 3 nitrogen and oxygen atoms in total. The van der Waals surface area contributed by atoms with E-state index < -0.39 is 0 Å². The van der Waals surface area contributed by atoms with Crippen molar-refractivity contribution in [1.29, 1.82) is 0 Å².